The van der Waals surface area contributed by atoms with E-state index < -0.39 is 5.97 Å². The van der Waals surface area contributed by atoms with Crippen molar-refractivity contribution in [3.63, 3.8) is 0 Å². The number of hydrogen-bond donors (Lipinski definition) is 0. The molecule has 0 bridgehead atoms. The summed E-state index contributed by atoms with van der Waals surface area (Å²) in [4.78, 5) is 15.7. The maximum absolute atomic E-state index is 10.8. The van der Waals surface area contributed by atoms with Crippen molar-refractivity contribution in [2.24, 2.45) is 0 Å². The number of carbonyl (C=O) groups excluding carboxylic acids is 1. The average Bonchev–Trinajstić information content (AvgIpc) is 2.27. The fourth-order valence-electron chi connectivity index (χ4n) is 0.871. The predicted molar refractivity (Wildman–Crippen MR) is 51.7 cm³/mol. The number of methoxy groups -OCH3 is 1. The topological polar surface area (TPSA) is 48.6 Å². The lowest BCUT2D eigenvalue weighted by Gasteiger charge is -2.02. The highest BCUT2D eigenvalue weighted by Crippen LogP contribution is 2.10. The average molecular weight is 233 g/mol. The van der Waals surface area contributed by atoms with Gasteiger partial charge in [0.25, 0.3) is 6.20 Å². The van der Waals surface area contributed by atoms with E-state index in [-0.39, 0.29) is 6.61 Å². The van der Waals surface area contributed by atoms with Crippen molar-refractivity contribution in [3.05, 3.63) is 23.5 Å². The summed E-state index contributed by atoms with van der Waals surface area (Å²) in [6.07, 6.45) is 1.52. The van der Waals surface area contributed by atoms with Crippen LogP contribution in [-0.4, -0.2) is 26.8 Å². The Bertz CT molecular complexity index is 356. The Kier molecular flexibility index (Phi) is 4.17. The van der Waals surface area contributed by atoms with Gasteiger partial charge in [0.2, 0.25) is 0 Å². The lowest BCUT2D eigenvalue weighted by atomic mass is 10.4. The molecule has 0 aromatic carbocycles. The summed E-state index contributed by atoms with van der Waals surface area (Å²) in [7, 11) is 2.76. The van der Waals surface area contributed by atoms with E-state index >= 15 is 0 Å². The minimum Gasteiger partial charge on any atom is -0.475 e. The number of aromatic nitrogens is 1. The number of halogens is 1. The lowest BCUT2D eigenvalue weighted by molar-refractivity contribution is -0.883. The molecule has 0 N–H and O–H groups in total. The molecule has 0 atom stereocenters. The second kappa shape index (κ2) is 5.41. The van der Waals surface area contributed by atoms with E-state index in [9.17, 15) is 4.79 Å². The van der Waals surface area contributed by atoms with Crippen molar-refractivity contribution >= 4 is 17.6 Å². The maximum atomic E-state index is 10.8. The van der Waals surface area contributed by atoms with Gasteiger partial charge < -0.3 is 9.47 Å². The summed E-state index contributed by atoms with van der Waals surface area (Å²) in [6.45, 7) is -0.151. The fraction of sp³-hybridized carbons (Fsp3) is 0.333. The molecule has 0 spiro atoms. The molecule has 82 valence electrons. The zero-order chi connectivity index (χ0) is 11.3. The summed E-state index contributed by atoms with van der Waals surface area (Å²) in [5.74, 6) is 0.0144. The zero-order valence-electron chi connectivity index (χ0n) is 8.40. The van der Waals surface area contributed by atoms with Crippen LogP contribution in [0.4, 0.5) is 0 Å². The van der Waals surface area contributed by atoms with Gasteiger partial charge in [-0.25, -0.2) is 4.79 Å². The fourth-order valence-corrected chi connectivity index (χ4v) is 1.05. The van der Waals surface area contributed by atoms with Gasteiger partial charge in [0.1, 0.15) is 7.11 Å². The minimum absolute atomic E-state index is 0.151. The molecule has 5 nitrogen and oxygen atoms in total. The molecule has 0 fully saturated rings. The number of ether oxygens (including phenoxy) is 2. The largest absolute Gasteiger partial charge is 0.475 e. The molecule has 1 heterocycles. The van der Waals surface area contributed by atoms with Gasteiger partial charge in [-0.2, -0.15) is 0 Å². The molecule has 0 saturated heterocycles. The number of carbonyl (C=O) groups is 1. The van der Waals surface area contributed by atoms with Gasteiger partial charge in [-0.3, -0.25) is 4.84 Å². The second-order valence-corrected chi connectivity index (χ2v) is 2.95. The van der Waals surface area contributed by atoms with Crippen LogP contribution >= 0.6 is 11.6 Å². The molecule has 0 unspecified atom stereocenters. The normalized spacial score (nSPS) is 9.53. The number of rotatable bonds is 4. The number of pyridine rings is 1. The summed E-state index contributed by atoms with van der Waals surface area (Å²) < 4.78 is 10.9. The van der Waals surface area contributed by atoms with Gasteiger partial charge in [-0.15, -0.1) is 0 Å². The summed E-state index contributed by atoms with van der Waals surface area (Å²) in [5, 5.41) is 0.405. The van der Waals surface area contributed by atoms with Crippen LogP contribution in [-0.2, 0) is 9.53 Å². The van der Waals surface area contributed by atoms with Gasteiger partial charge >= 0.3 is 11.1 Å². The number of esters is 1. The molecule has 6 heteroatoms. The van der Waals surface area contributed by atoms with E-state index in [4.69, 9.17) is 21.2 Å². The molecular formula is C9H11ClNO4+. The van der Waals surface area contributed by atoms with E-state index in [1.807, 2.05) is 0 Å². The second-order valence-electron chi connectivity index (χ2n) is 2.56. The highest BCUT2D eigenvalue weighted by atomic mass is 35.5. The zero-order valence-corrected chi connectivity index (χ0v) is 9.15. The van der Waals surface area contributed by atoms with Crippen LogP contribution in [0.5, 0.6) is 5.75 Å². The van der Waals surface area contributed by atoms with Crippen LogP contribution in [0.1, 0.15) is 0 Å². The summed E-state index contributed by atoms with van der Waals surface area (Å²) in [6, 6.07) is 3.22. The first-order valence-corrected chi connectivity index (χ1v) is 4.50. The van der Waals surface area contributed by atoms with Gasteiger partial charge in [-0.05, 0) is 17.7 Å². The Hall–Kier alpha value is -1.49. The van der Waals surface area contributed by atoms with Crippen molar-refractivity contribution < 1.29 is 23.8 Å². The predicted octanol–water partition coefficient (Wildman–Crippen LogP) is 0.238. The summed E-state index contributed by atoms with van der Waals surface area (Å²) >= 11 is 5.78. The van der Waals surface area contributed by atoms with E-state index in [0.717, 1.165) is 0 Å². The quantitative estimate of drug-likeness (QED) is 0.424. The molecule has 15 heavy (non-hydrogen) atoms. The molecule has 0 radical (unpaired) electrons. The molecule has 1 aromatic rings. The standard InChI is InChI=1S/C9H11ClNO4/c1-13-9(12)6-15-7-3-4-8(10)11(5-7)14-2/h3-5H,6H2,1-2H3/q+1. The first-order valence-electron chi connectivity index (χ1n) is 4.12. The lowest BCUT2D eigenvalue weighted by Crippen LogP contribution is -2.41. The highest BCUT2D eigenvalue weighted by Gasteiger charge is 2.12. The third-order valence-electron chi connectivity index (χ3n) is 1.62. The summed E-state index contributed by atoms with van der Waals surface area (Å²) in [5.41, 5.74) is 0. The van der Waals surface area contributed by atoms with Crippen molar-refractivity contribution in [1.82, 2.24) is 0 Å². The Morgan fingerprint density at radius 3 is 2.80 bits per heavy atom. The Morgan fingerprint density at radius 2 is 2.20 bits per heavy atom. The Labute approximate surface area is 92.1 Å². The van der Waals surface area contributed by atoms with Crippen LogP contribution in [0.2, 0.25) is 5.15 Å². The van der Waals surface area contributed by atoms with Crippen molar-refractivity contribution in [1.29, 1.82) is 0 Å². The van der Waals surface area contributed by atoms with E-state index in [0.29, 0.717) is 10.9 Å². The Morgan fingerprint density at radius 1 is 1.47 bits per heavy atom. The molecular weight excluding hydrogens is 222 g/mol. The third kappa shape index (κ3) is 3.28. The van der Waals surface area contributed by atoms with Gasteiger partial charge in [0.05, 0.1) is 7.11 Å². The van der Waals surface area contributed by atoms with E-state index in [2.05, 4.69) is 4.74 Å². The third-order valence-corrected chi connectivity index (χ3v) is 1.91. The maximum Gasteiger partial charge on any atom is 0.343 e. The van der Waals surface area contributed by atoms with Gasteiger partial charge in [0, 0.05) is 10.8 Å². The molecule has 1 rings (SSSR count). The smallest absolute Gasteiger partial charge is 0.343 e. The van der Waals surface area contributed by atoms with Gasteiger partial charge in [0.15, 0.2) is 12.4 Å². The van der Waals surface area contributed by atoms with Crippen molar-refractivity contribution in [2.45, 2.75) is 0 Å². The number of nitrogens with zero attached hydrogens (tertiary/aromatic N) is 1. The monoisotopic (exact) mass is 232 g/mol. The van der Waals surface area contributed by atoms with Gasteiger partial charge in [-0.1, -0.05) is 0 Å². The molecule has 0 aliphatic heterocycles. The van der Waals surface area contributed by atoms with Crippen molar-refractivity contribution in [2.75, 3.05) is 20.8 Å². The molecule has 1 aromatic heterocycles. The molecule has 0 saturated carbocycles. The first-order chi connectivity index (χ1) is 7.17. The van der Waals surface area contributed by atoms with Crippen molar-refractivity contribution in [3.8, 4) is 5.75 Å². The highest BCUT2D eigenvalue weighted by molar-refractivity contribution is 6.28. The molecule has 0 aliphatic rings. The SMILES string of the molecule is COC(=O)COc1ccc(Cl)[n+](OC)c1. The Balaban J connectivity index is 2.66. The molecule has 0 aliphatic carbocycles. The number of hydrogen-bond acceptors (Lipinski definition) is 4. The first kappa shape index (κ1) is 11.6. The van der Waals surface area contributed by atoms with Crippen LogP contribution in [0.15, 0.2) is 18.3 Å². The van der Waals surface area contributed by atoms with Crippen LogP contribution in [0.25, 0.3) is 0 Å². The van der Waals surface area contributed by atoms with Crippen LogP contribution in [0.3, 0.4) is 0 Å². The molecule has 0 amide bonds. The van der Waals surface area contributed by atoms with Crippen LogP contribution in [0, 0.1) is 0 Å². The van der Waals surface area contributed by atoms with Crippen LogP contribution < -0.4 is 14.3 Å². The van der Waals surface area contributed by atoms with E-state index in [1.165, 1.54) is 25.1 Å². The minimum atomic E-state index is -0.450. The van der Waals surface area contributed by atoms with E-state index in [1.54, 1.807) is 12.1 Å².